The van der Waals surface area contributed by atoms with Gasteiger partial charge in [0.2, 0.25) is 0 Å². The molecule has 0 radical (unpaired) electrons. The van der Waals surface area contributed by atoms with Crippen LogP contribution in [0.1, 0.15) is 13.8 Å². The molecular weight excluding hydrogens is 328 g/mol. The van der Waals surface area contributed by atoms with Crippen LogP contribution in [0.5, 0.6) is 0 Å². The molecule has 0 aliphatic heterocycles. The van der Waals surface area contributed by atoms with E-state index >= 15 is 0 Å². The molecule has 0 amide bonds. The van der Waals surface area contributed by atoms with E-state index in [-0.39, 0.29) is 35.2 Å². The zero-order valence-corrected chi connectivity index (χ0v) is 13.3. The molecule has 0 saturated carbocycles. The molecule has 1 rings (SSSR count). The molecule has 8 nitrogen and oxygen atoms in total. The van der Waals surface area contributed by atoms with Crippen LogP contribution in [-0.4, -0.2) is 30.1 Å². The number of nitro groups is 1. The molecule has 1 aromatic carbocycles. The summed E-state index contributed by atoms with van der Waals surface area (Å²) < 4.78 is 9.54. The highest BCUT2D eigenvalue weighted by Gasteiger charge is 2.21. The van der Waals surface area contributed by atoms with E-state index in [1.807, 2.05) is 0 Å². The van der Waals surface area contributed by atoms with Crippen molar-refractivity contribution in [3.8, 4) is 0 Å². The standard InChI is InChI=1S/C14H15ClN2O6/c1-3-22-13(18)10(14(19)23-4-2)8-16-12-6-5-9(17(20)21)7-11(12)15/h5-8,16H,3-4H2,1-2H3. The predicted molar refractivity (Wildman–Crippen MR) is 83.1 cm³/mol. The number of carbonyl (C=O) groups is 2. The van der Waals surface area contributed by atoms with Crippen LogP contribution in [0.3, 0.4) is 0 Å². The molecule has 1 aromatic rings. The summed E-state index contributed by atoms with van der Waals surface area (Å²) in [5, 5.41) is 13.3. The fourth-order valence-corrected chi connectivity index (χ4v) is 1.73. The number of nitrogens with zero attached hydrogens (tertiary/aromatic N) is 1. The van der Waals surface area contributed by atoms with Gasteiger partial charge in [-0.1, -0.05) is 11.6 Å². The minimum absolute atomic E-state index is 0.0579. The van der Waals surface area contributed by atoms with Gasteiger partial charge in [0.1, 0.15) is 0 Å². The van der Waals surface area contributed by atoms with Gasteiger partial charge in [0, 0.05) is 18.3 Å². The number of benzene rings is 1. The molecule has 0 saturated heterocycles. The maximum Gasteiger partial charge on any atom is 0.347 e. The maximum atomic E-state index is 11.8. The molecule has 0 bridgehead atoms. The minimum Gasteiger partial charge on any atom is -0.462 e. The van der Waals surface area contributed by atoms with Crippen molar-refractivity contribution >= 4 is 34.9 Å². The number of rotatable bonds is 7. The lowest BCUT2D eigenvalue weighted by Gasteiger charge is -2.08. The second-order valence-electron chi connectivity index (χ2n) is 4.06. The number of nitro benzene ring substituents is 1. The van der Waals surface area contributed by atoms with Crippen molar-refractivity contribution in [1.29, 1.82) is 0 Å². The summed E-state index contributed by atoms with van der Waals surface area (Å²) in [6, 6.07) is 3.73. The van der Waals surface area contributed by atoms with Crippen molar-refractivity contribution < 1.29 is 24.0 Å². The number of hydrogen-bond acceptors (Lipinski definition) is 7. The van der Waals surface area contributed by atoms with Gasteiger partial charge >= 0.3 is 11.9 Å². The van der Waals surface area contributed by atoms with Gasteiger partial charge in [0.15, 0.2) is 5.57 Å². The molecule has 124 valence electrons. The van der Waals surface area contributed by atoms with Crippen LogP contribution in [0.15, 0.2) is 30.0 Å². The van der Waals surface area contributed by atoms with Crippen LogP contribution in [0, 0.1) is 10.1 Å². The smallest absolute Gasteiger partial charge is 0.347 e. The molecule has 0 aliphatic carbocycles. The Kier molecular flexibility index (Phi) is 7.01. The van der Waals surface area contributed by atoms with Crippen molar-refractivity contribution in [3.05, 3.63) is 45.1 Å². The number of ether oxygens (including phenoxy) is 2. The Morgan fingerprint density at radius 2 is 1.83 bits per heavy atom. The Morgan fingerprint density at radius 1 is 1.26 bits per heavy atom. The third kappa shape index (κ3) is 5.26. The molecule has 0 aromatic heterocycles. The second kappa shape index (κ2) is 8.74. The van der Waals surface area contributed by atoms with Gasteiger partial charge in [-0.15, -0.1) is 0 Å². The number of carbonyl (C=O) groups excluding carboxylic acids is 2. The first-order valence-corrected chi connectivity index (χ1v) is 7.03. The van der Waals surface area contributed by atoms with E-state index in [4.69, 9.17) is 21.1 Å². The highest BCUT2D eigenvalue weighted by Crippen LogP contribution is 2.26. The minimum atomic E-state index is -0.850. The van der Waals surface area contributed by atoms with Crippen LogP contribution < -0.4 is 5.32 Å². The predicted octanol–water partition coefficient (Wildman–Crippen LogP) is 2.67. The van der Waals surface area contributed by atoms with Gasteiger partial charge in [-0.2, -0.15) is 0 Å². The van der Waals surface area contributed by atoms with Crippen LogP contribution in [0.2, 0.25) is 5.02 Å². The Bertz CT molecular complexity index is 624. The van der Waals surface area contributed by atoms with Gasteiger partial charge in [0.25, 0.3) is 5.69 Å². The summed E-state index contributed by atoms with van der Waals surface area (Å²) in [5.41, 5.74) is -0.243. The lowest BCUT2D eigenvalue weighted by molar-refractivity contribution is -0.384. The molecule has 1 N–H and O–H groups in total. The Labute approximate surface area is 137 Å². The highest BCUT2D eigenvalue weighted by atomic mass is 35.5. The number of nitrogens with one attached hydrogen (secondary N) is 1. The van der Waals surface area contributed by atoms with Gasteiger partial charge in [-0.05, 0) is 19.9 Å². The van der Waals surface area contributed by atoms with Crippen molar-refractivity contribution in [2.75, 3.05) is 18.5 Å². The topological polar surface area (TPSA) is 108 Å². The molecule has 0 atom stereocenters. The van der Waals surface area contributed by atoms with E-state index in [2.05, 4.69) is 5.32 Å². The summed E-state index contributed by atoms with van der Waals surface area (Å²) in [6.07, 6.45) is 1.09. The third-order valence-electron chi connectivity index (χ3n) is 2.53. The van der Waals surface area contributed by atoms with E-state index in [1.165, 1.54) is 12.1 Å². The number of non-ortho nitro benzene ring substituents is 1. The van der Waals surface area contributed by atoms with Gasteiger partial charge in [-0.3, -0.25) is 10.1 Å². The Morgan fingerprint density at radius 3 is 2.26 bits per heavy atom. The fraction of sp³-hybridized carbons (Fsp3) is 0.286. The molecule has 0 heterocycles. The van der Waals surface area contributed by atoms with Crippen molar-refractivity contribution in [2.24, 2.45) is 0 Å². The Balaban J connectivity index is 3.02. The molecule has 23 heavy (non-hydrogen) atoms. The Hall–Kier alpha value is -2.61. The van der Waals surface area contributed by atoms with E-state index in [0.717, 1.165) is 12.3 Å². The average Bonchev–Trinajstić information content (AvgIpc) is 2.49. The monoisotopic (exact) mass is 342 g/mol. The third-order valence-corrected chi connectivity index (χ3v) is 2.84. The van der Waals surface area contributed by atoms with E-state index in [0.29, 0.717) is 0 Å². The first-order valence-electron chi connectivity index (χ1n) is 6.65. The lowest BCUT2D eigenvalue weighted by atomic mass is 10.2. The summed E-state index contributed by atoms with van der Waals surface area (Å²) in [6.45, 7) is 3.38. The zero-order chi connectivity index (χ0) is 17.4. The highest BCUT2D eigenvalue weighted by molar-refractivity contribution is 6.33. The second-order valence-corrected chi connectivity index (χ2v) is 4.47. The largest absolute Gasteiger partial charge is 0.462 e. The molecule has 0 aliphatic rings. The van der Waals surface area contributed by atoms with Crippen LogP contribution >= 0.6 is 11.6 Å². The van der Waals surface area contributed by atoms with Gasteiger partial charge < -0.3 is 14.8 Å². The summed E-state index contributed by atoms with van der Waals surface area (Å²) in [5.74, 6) is -1.70. The number of anilines is 1. The normalized spacial score (nSPS) is 9.70. The van der Waals surface area contributed by atoms with E-state index in [9.17, 15) is 19.7 Å². The average molecular weight is 343 g/mol. The van der Waals surface area contributed by atoms with Crippen molar-refractivity contribution in [2.45, 2.75) is 13.8 Å². The van der Waals surface area contributed by atoms with Crippen molar-refractivity contribution in [3.63, 3.8) is 0 Å². The summed E-state index contributed by atoms with van der Waals surface area (Å²) >= 11 is 5.91. The first-order chi connectivity index (χ1) is 10.9. The fourth-order valence-electron chi connectivity index (χ4n) is 1.50. The molecule has 9 heteroatoms. The molecular formula is C14H15ClN2O6. The van der Waals surface area contributed by atoms with Gasteiger partial charge in [0.05, 0.1) is 28.8 Å². The lowest BCUT2D eigenvalue weighted by Crippen LogP contribution is -2.19. The van der Waals surface area contributed by atoms with E-state index in [1.54, 1.807) is 13.8 Å². The zero-order valence-electron chi connectivity index (χ0n) is 12.5. The first kappa shape index (κ1) is 18.4. The molecule has 0 fully saturated rings. The van der Waals surface area contributed by atoms with Crippen LogP contribution in [0.4, 0.5) is 11.4 Å². The van der Waals surface area contributed by atoms with Gasteiger partial charge in [-0.25, -0.2) is 9.59 Å². The molecule has 0 unspecified atom stereocenters. The van der Waals surface area contributed by atoms with Crippen molar-refractivity contribution in [1.82, 2.24) is 0 Å². The number of esters is 2. The quantitative estimate of drug-likeness (QED) is 0.203. The number of halogens is 1. The molecule has 0 spiro atoms. The SMILES string of the molecule is CCOC(=O)C(=CNc1ccc([N+](=O)[O-])cc1Cl)C(=O)OCC. The summed E-state index contributed by atoms with van der Waals surface area (Å²) in [7, 11) is 0. The summed E-state index contributed by atoms with van der Waals surface area (Å²) in [4.78, 5) is 33.6. The van der Waals surface area contributed by atoms with Crippen LogP contribution in [0.25, 0.3) is 0 Å². The maximum absolute atomic E-state index is 11.8. The van der Waals surface area contributed by atoms with E-state index < -0.39 is 16.9 Å². The van der Waals surface area contributed by atoms with Crippen LogP contribution in [-0.2, 0) is 19.1 Å². The number of hydrogen-bond donors (Lipinski definition) is 1.